The van der Waals surface area contributed by atoms with E-state index in [1.807, 2.05) is 13.8 Å². The fourth-order valence-electron chi connectivity index (χ4n) is 4.05. The summed E-state index contributed by atoms with van der Waals surface area (Å²) in [5, 5.41) is 2.83. The molecular formula is C30H36FN3O6S. The third kappa shape index (κ3) is 7.97. The number of carbonyl (C=O) groups is 2. The molecule has 0 aliphatic rings. The largest absolute Gasteiger partial charge is 0.493 e. The summed E-state index contributed by atoms with van der Waals surface area (Å²) in [4.78, 5) is 28.1. The number of para-hydroxylation sites is 1. The average molecular weight is 586 g/mol. The van der Waals surface area contributed by atoms with Crippen molar-refractivity contribution in [1.29, 1.82) is 0 Å². The van der Waals surface area contributed by atoms with Gasteiger partial charge in [-0.1, -0.05) is 44.2 Å². The number of rotatable bonds is 13. The molecule has 0 heterocycles. The van der Waals surface area contributed by atoms with Crippen LogP contribution in [0.4, 0.5) is 10.1 Å². The molecule has 0 aliphatic heterocycles. The standard InChI is InChI=1S/C30H36FN3O6S/c1-21(2)18-32-30(36)22(3)33(19-23-11-13-24(31)14-12-23)29(35)20-34(25-9-7-6-8-10-25)41(37,38)26-15-16-27(39-4)28(17-26)40-5/h6-17,21-22H,18-20H2,1-5H3,(H,32,36)/t22-/m0/s1. The monoisotopic (exact) mass is 585 g/mol. The Morgan fingerprint density at radius 2 is 1.54 bits per heavy atom. The van der Waals surface area contributed by atoms with Crippen LogP contribution in [0.5, 0.6) is 11.5 Å². The number of nitrogens with zero attached hydrogens (tertiary/aromatic N) is 2. The predicted molar refractivity (Wildman–Crippen MR) is 155 cm³/mol. The summed E-state index contributed by atoms with van der Waals surface area (Å²) in [7, 11) is -1.45. The molecule has 0 unspecified atom stereocenters. The quantitative estimate of drug-likeness (QED) is 0.322. The molecule has 11 heteroatoms. The molecule has 9 nitrogen and oxygen atoms in total. The molecule has 2 amide bonds. The van der Waals surface area contributed by atoms with Gasteiger partial charge >= 0.3 is 0 Å². The maximum Gasteiger partial charge on any atom is 0.264 e. The maximum atomic E-state index is 14.0. The Morgan fingerprint density at radius 1 is 0.902 bits per heavy atom. The second kappa shape index (κ2) is 14.0. The molecule has 0 aromatic heterocycles. The lowest BCUT2D eigenvalue weighted by Crippen LogP contribution is -2.51. The Balaban J connectivity index is 2.02. The molecule has 41 heavy (non-hydrogen) atoms. The van der Waals surface area contributed by atoms with E-state index in [1.54, 1.807) is 37.3 Å². The third-order valence-corrected chi connectivity index (χ3v) is 8.15. The lowest BCUT2D eigenvalue weighted by molar-refractivity contribution is -0.139. The van der Waals surface area contributed by atoms with E-state index in [1.165, 1.54) is 61.6 Å². The van der Waals surface area contributed by atoms with E-state index in [0.29, 0.717) is 17.9 Å². The Labute approximate surface area is 240 Å². The Hall–Kier alpha value is -4.12. The van der Waals surface area contributed by atoms with E-state index >= 15 is 0 Å². The molecule has 0 saturated heterocycles. The lowest BCUT2D eigenvalue weighted by Gasteiger charge is -2.32. The molecule has 0 fully saturated rings. The maximum absolute atomic E-state index is 14.0. The van der Waals surface area contributed by atoms with Crippen molar-refractivity contribution in [3.05, 3.63) is 84.2 Å². The average Bonchev–Trinajstić information content (AvgIpc) is 2.97. The van der Waals surface area contributed by atoms with Gasteiger partial charge in [0.2, 0.25) is 11.8 Å². The van der Waals surface area contributed by atoms with Crippen LogP contribution in [-0.4, -0.2) is 58.5 Å². The zero-order valence-corrected chi connectivity index (χ0v) is 24.7. The molecule has 1 atom stereocenters. The smallest absolute Gasteiger partial charge is 0.264 e. The molecule has 0 spiro atoms. The molecule has 0 aliphatic carbocycles. The zero-order chi connectivity index (χ0) is 30.2. The zero-order valence-electron chi connectivity index (χ0n) is 23.8. The van der Waals surface area contributed by atoms with Crippen molar-refractivity contribution >= 4 is 27.5 Å². The molecule has 3 aromatic rings. The summed E-state index contributed by atoms with van der Waals surface area (Å²) >= 11 is 0. The van der Waals surface area contributed by atoms with Gasteiger partial charge in [0, 0.05) is 19.2 Å². The van der Waals surface area contributed by atoms with Crippen molar-refractivity contribution in [3.63, 3.8) is 0 Å². The van der Waals surface area contributed by atoms with Crippen molar-refractivity contribution in [1.82, 2.24) is 10.2 Å². The molecule has 0 saturated carbocycles. The van der Waals surface area contributed by atoms with E-state index in [2.05, 4.69) is 5.32 Å². The van der Waals surface area contributed by atoms with Gasteiger partial charge in [-0.15, -0.1) is 0 Å². The summed E-state index contributed by atoms with van der Waals surface area (Å²) in [6.45, 7) is 5.25. The summed E-state index contributed by atoms with van der Waals surface area (Å²) in [6, 6.07) is 17.0. The highest BCUT2D eigenvalue weighted by atomic mass is 32.2. The van der Waals surface area contributed by atoms with Crippen LogP contribution in [0.3, 0.4) is 0 Å². The van der Waals surface area contributed by atoms with Gasteiger partial charge in [-0.2, -0.15) is 0 Å². The summed E-state index contributed by atoms with van der Waals surface area (Å²) < 4.78 is 53.0. The van der Waals surface area contributed by atoms with Gasteiger partial charge < -0.3 is 19.7 Å². The Kier molecular flexibility index (Phi) is 10.7. The number of carbonyl (C=O) groups excluding carboxylic acids is 2. The second-order valence-electron chi connectivity index (χ2n) is 9.83. The van der Waals surface area contributed by atoms with Crippen LogP contribution >= 0.6 is 0 Å². The summed E-state index contributed by atoms with van der Waals surface area (Å²) in [5.74, 6) is -0.697. The van der Waals surface area contributed by atoms with Crippen LogP contribution in [0.15, 0.2) is 77.7 Å². The van der Waals surface area contributed by atoms with Crippen molar-refractivity contribution in [2.75, 3.05) is 31.6 Å². The Bertz CT molecular complexity index is 1430. The highest BCUT2D eigenvalue weighted by Crippen LogP contribution is 2.32. The van der Waals surface area contributed by atoms with Gasteiger partial charge in [-0.3, -0.25) is 13.9 Å². The summed E-state index contributed by atoms with van der Waals surface area (Å²) in [5.41, 5.74) is 0.839. The van der Waals surface area contributed by atoms with E-state index in [0.717, 1.165) is 4.31 Å². The van der Waals surface area contributed by atoms with Gasteiger partial charge in [-0.25, -0.2) is 12.8 Å². The highest BCUT2D eigenvalue weighted by Gasteiger charge is 2.33. The van der Waals surface area contributed by atoms with Crippen molar-refractivity contribution in [2.24, 2.45) is 5.92 Å². The number of hydrogen-bond donors (Lipinski definition) is 1. The first-order chi connectivity index (χ1) is 19.5. The van der Waals surface area contributed by atoms with Gasteiger partial charge in [0.05, 0.1) is 24.8 Å². The van der Waals surface area contributed by atoms with Crippen LogP contribution in [0.2, 0.25) is 0 Å². The number of methoxy groups -OCH3 is 2. The van der Waals surface area contributed by atoms with E-state index < -0.39 is 34.3 Å². The van der Waals surface area contributed by atoms with Gasteiger partial charge in [-0.05, 0) is 54.8 Å². The number of halogens is 1. The fourth-order valence-corrected chi connectivity index (χ4v) is 5.48. The van der Waals surface area contributed by atoms with Gasteiger partial charge in [0.25, 0.3) is 10.0 Å². The molecule has 1 N–H and O–H groups in total. The minimum atomic E-state index is -4.29. The first-order valence-corrected chi connectivity index (χ1v) is 14.5. The van der Waals surface area contributed by atoms with Crippen LogP contribution in [-0.2, 0) is 26.2 Å². The minimum absolute atomic E-state index is 0.0333. The summed E-state index contributed by atoms with van der Waals surface area (Å²) in [6.07, 6.45) is 0. The van der Waals surface area contributed by atoms with Crippen LogP contribution in [0, 0.1) is 11.7 Å². The first-order valence-electron chi connectivity index (χ1n) is 13.1. The van der Waals surface area contributed by atoms with Crippen LogP contribution in [0.25, 0.3) is 0 Å². The van der Waals surface area contributed by atoms with E-state index in [-0.39, 0.29) is 34.7 Å². The van der Waals surface area contributed by atoms with E-state index in [9.17, 15) is 22.4 Å². The number of sulfonamides is 1. The topological polar surface area (TPSA) is 105 Å². The van der Waals surface area contributed by atoms with Gasteiger partial charge in [0.1, 0.15) is 18.4 Å². The molecular weight excluding hydrogens is 549 g/mol. The van der Waals surface area contributed by atoms with Crippen LogP contribution in [0.1, 0.15) is 26.3 Å². The number of anilines is 1. The molecule has 3 aromatic carbocycles. The fraction of sp³-hybridized carbons (Fsp3) is 0.333. The van der Waals surface area contributed by atoms with Crippen molar-refractivity contribution in [2.45, 2.75) is 38.3 Å². The normalized spacial score (nSPS) is 12.0. The van der Waals surface area contributed by atoms with Crippen molar-refractivity contribution in [3.8, 4) is 11.5 Å². The Morgan fingerprint density at radius 3 is 2.12 bits per heavy atom. The molecule has 220 valence electrons. The molecule has 0 bridgehead atoms. The van der Waals surface area contributed by atoms with Crippen LogP contribution < -0.4 is 19.1 Å². The number of ether oxygens (including phenoxy) is 2. The number of amides is 2. The van der Waals surface area contributed by atoms with E-state index in [4.69, 9.17) is 9.47 Å². The minimum Gasteiger partial charge on any atom is -0.493 e. The van der Waals surface area contributed by atoms with Crippen molar-refractivity contribution < 1.29 is 31.9 Å². The predicted octanol–water partition coefficient (Wildman–Crippen LogP) is 4.23. The number of benzene rings is 3. The molecule has 3 rings (SSSR count). The number of hydrogen-bond acceptors (Lipinski definition) is 6. The SMILES string of the molecule is COc1ccc(S(=O)(=O)N(CC(=O)N(Cc2ccc(F)cc2)[C@@H](C)C(=O)NCC(C)C)c2ccccc2)cc1OC. The van der Waals surface area contributed by atoms with Gasteiger partial charge in [0.15, 0.2) is 11.5 Å². The highest BCUT2D eigenvalue weighted by molar-refractivity contribution is 7.92. The second-order valence-corrected chi connectivity index (χ2v) is 11.7. The lowest BCUT2D eigenvalue weighted by atomic mass is 10.1. The molecule has 0 radical (unpaired) electrons. The first kappa shape index (κ1) is 31.4. The number of nitrogens with one attached hydrogen (secondary N) is 1. The third-order valence-electron chi connectivity index (χ3n) is 6.38.